The molecule has 1 fully saturated rings. The maximum Gasteiger partial charge on any atom is 0.305 e. The first-order chi connectivity index (χ1) is 12.1. The molecule has 1 heterocycles. The van der Waals surface area contributed by atoms with E-state index in [-0.39, 0.29) is 17.6 Å². The van der Waals surface area contributed by atoms with Crippen LogP contribution >= 0.6 is 0 Å². The largest absolute Gasteiger partial charge is 0.481 e. The molecule has 1 aliphatic rings. The number of ketones is 1. The highest BCUT2D eigenvalue weighted by Gasteiger charge is 2.54. The van der Waals surface area contributed by atoms with E-state index in [0.29, 0.717) is 19.3 Å². The van der Waals surface area contributed by atoms with Crippen molar-refractivity contribution in [3.05, 3.63) is 0 Å². The van der Waals surface area contributed by atoms with Crippen molar-refractivity contribution in [3.8, 4) is 0 Å². The van der Waals surface area contributed by atoms with Crippen LogP contribution in [0.4, 0.5) is 0 Å². The molecule has 0 aromatic carbocycles. The van der Waals surface area contributed by atoms with Gasteiger partial charge in [-0.1, -0.05) is 46.0 Å². The molecule has 26 heavy (non-hydrogen) atoms. The van der Waals surface area contributed by atoms with Gasteiger partial charge in [0.15, 0.2) is 5.78 Å². The molecule has 6 nitrogen and oxygen atoms in total. The summed E-state index contributed by atoms with van der Waals surface area (Å²) in [4.78, 5) is 37.1. The van der Waals surface area contributed by atoms with Crippen LogP contribution in [0.25, 0.3) is 0 Å². The summed E-state index contributed by atoms with van der Waals surface area (Å²) in [5, 5.41) is 12.2. The fraction of sp³-hybridized carbons (Fsp3) is 0.850. The number of rotatable bonds is 12. The summed E-state index contributed by atoms with van der Waals surface area (Å²) in [5.74, 6) is -2.82. The minimum absolute atomic E-state index is 0.268. The van der Waals surface area contributed by atoms with Gasteiger partial charge in [-0.15, -0.1) is 0 Å². The molecule has 3 atom stereocenters. The number of carboxylic acids is 1. The van der Waals surface area contributed by atoms with Crippen molar-refractivity contribution >= 4 is 17.7 Å². The second-order valence-corrected chi connectivity index (χ2v) is 8.41. The first-order valence-electron chi connectivity index (χ1n) is 9.94. The van der Waals surface area contributed by atoms with Crippen LogP contribution in [0.2, 0.25) is 0 Å². The summed E-state index contributed by atoms with van der Waals surface area (Å²) in [6, 6.07) is 0. The zero-order valence-electron chi connectivity index (χ0n) is 16.8. The quantitative estimate of drug-likeness (QED) is 0.459. The Morgan fingerprint density at radius 1 is 1.27 bits per heavy atom. The smallest absolute Gasteiger partial charge is 0.305 e. The molecule has 0 aromatic heterocycles. The SMILES string of the molecule is CCCCCCCC(CC)C(=O)C(N)(CC(=O)O)[C@H]1CC(C)(C)NC1=O. The molecule has 1 saturated heterocycles. The highest BCUT2D eigenvalue weighted by Crippen LogP contribution is 2.36. The Hall–Kier alpha value is -1.43. The predicted octanol–water partition coefficient (Wildman–Crippen LogP) is 3.03. The summed E-state index contributed by atoms with van der Waals surface area (Å²) in [7, 11) is 0. The molecule has 1 amide bonds. The first-order valence-corrected chi connectivity index (χ1v) is 9.94. The lowest BCUT2D eigenvalue weighted by Gasteiger charge is -2.34. The minimum Gasteiger partial charge on any atom is -0.481 e. The van der Waals surface area contributed by atoms with E-state index in [9.17, 15) is 19.5 Å². The van der Waals surface area contributed by atoms with Gasteiger partial charge in [0.25, 0.3) is 0 Å². The third kappa shape index (κ3) is 5.79. The van der Waals surface area contributed by atoms with Crippen LogP contribution in [-0.2, 0) is 14.4 Å². The number of carbonyl (C=O) groups is 3. The molecule has 6 heteroatoms. The Morgan fingerprint density at radius 2 is 1.88 bits per heavy atom. The lowest BCUT2D eigenvalue weighted by molar-refractivity contribution is -0.145. The fourth-order valence-corrected chi connectivity index (χ4v) is 4.02. The van der Waals surface area contributed by atoms with Crippen LogP contribution in [0.3, 0.4) is 0 Å². The van der Waals surface area contributed by atoms with E-state index in [4.69, 9.17) is 5.73 Å². The molecule has 0 bridgehead atoms. The Kier molecular flexibility index (Phi) is 8.25. The number of nitrogens with one attached hydrogen (secondary N) is 1. The Labute approximate surface area is 157 Å². The fourth-order valence-electron chi connectivity index (χ4n) is 4.02. The van der Waals surface area contributed by atoms with E-state index in [1.165, 1.54) is 6.42 Å². The number of hydrogen-bond acceptors (Lipinski definition) is 4. The van der Waals surface area contributed by atoms with Crippen LogP contribution in [0.1, 0.15) is 85.5 Å². The first kappa shape index (κ1) is 22.6. The van der Waals surface area contributed by atoms with Crippen LogP contribution in [0, 0.1) is 11.8 Å². The van der Waals surface area contributed by atoms with E-state index in [2.05, 4.69) is 12.2 Å². The molecule has 1 aliphatic heterocycles. The van der Waals surface area contributed by atoms with Crippen LogP contribution in [0.5, 0.6) is 0 Å². The summed E-state index contributed by atoms with van der Waals surface area (Å²) >= 11 is 0. The van der Waals surface area contributed by atoms with Gasteiger partial charge in [-0.3, -0.25) is 14.4 Å². The normalized spacial score (nSPS) is 22.5. The highest BCUT2D eigenvalue weighted by atomic mass is 16.4. The number of nitrogens with two attached hydrogens (primary N) is 1. The lowest BCUT2D eigenvalue weighted by atomic mass is 9.71. The number of amides is 1. The summed E-state index contributed by atoms with van der Waals surface area (Å²) in [5.41, 5.74) is 4.27. The van der Waals surface area contributed by atoms with Crippen molar-refractivity contribution in [1.82, 2.24) is 5.32 Å². The van der Waals surface area contributed by atoms with Crippen molar-refractivity contribution in [1.29, 1.82) is 0 Å². The maximum atomic E-state index is 13.2. The Morgan fingerprint density at radius 3 is 2.35 bits per heavy atom. The third-order valence-electron chi connectivity index (χ3n) is 5.54. The number of aliphatic carboxylic acids is 1. The summed E-state index contributed by atoms with van der Waals surface area (Å²) < 4.78 is 0. The van der Waals surface area contributed by atoms with Crippen LogP contribution in [-0.4, -0.2) is 33.8 Å². The van der Waals surface area contributed by atoms with Gasteiger partial charge in [0.2, 0.25) is 5.91 Å². The van der Waals surface area contributed by atoms with Gasteiger partial charge in [0, 0.05) is 11.5 Å². The van der Waals surface area contributed by atoms with Gasteiger partial charge in [-0.2, -0.15) is 0 Å². The molecule has 1 rings (SSSR count). The third-order valence-corrected chi connectivity index (χ3v) is 5.54. The number of Topliss-reactive ketones (excluding diaryl/α,β-unsaturated/α-hetero) is 1. The molecular formula is C20H36N2O4. The summed E-state index contributed by atoms with van der Waals surface area (Å²) in [6.07, 6.45) is 6.65. The summed E-state index contributed by atoms with van der Waals surface area (Å²) in [6.45, 7) is 7.80. The number of carbonyl (C=O) groups excluding carboxylic acids is 2. The van der Waals surface area contributed by atoms with E-state index < -0.39 is 29.4 Å². The van der Waals surface area contributed by atoms with Crippen LogP contribution < -0.4 is 11.1 Å². The zero-order chi connectivity index (χ0) is 20.0. The van der Waals surface area contributed by atoms with Crippen molar-refractivity contribution in [3.63, 3.8) is 0 Å². The van der Waals surface area contributed by atoms with Crippen molar-refractivity contribution < 1.29 is 19.5 Å². The Balaban J connectivity index is 2.93. The molecule has 0 aliphatic carbocycles. The van der Waals surface area contributed by atoms with Gasteiger partial charge < -0.3 is 16.2 Å². The van der Waals surface area contributed by atoms with E-state index in [0.717, 1.165) is 25.7 Å². The van der Waals surface area contributed by atoms with Gasteiger partial charge in [0.05, 0.1) is 17.9 Å². The monoisotopic (exact) mass is 368 g/mol. The Bertz CT molecular complexity index is 518. The average Bonchev–Trinajstić information content (AvgIpc) is 2.83. The van der Waals surface area contributed by atoms with Crippen LogP contribution in [0.15, 0.2) is 0 Å². The average molecular weight is 369 g/mol. The number of unbranched alkanes of at least 4 members (excludes halogenated alkanes) is 4. The second kappa shape index (κ2) is 9.49. The molecule has 0 aromatic rings. The molecule has 150 valence electrons. The van der Waals surface area contributed by atoms with Gasteiger partial charge in [-0.25, -0.2) is 0 Å². The minimum atomic E-state index is -1.65. The molecule has 4 N–H and O–H groups in total. The number of hydrogen-bond donors (Lipinski definition) is 3. The van der Waals surface area contributed by atoms with Crippen molar-refractivity contribution in [2.75, 3.05) is 0 Å². The molecule has 0 saturated carbocycles. The zero-order valence-corrected chi connectivity index (χ0v) is 16.8. The topological polar surface area (TPSA) is 109 Å². The maximum absolute atomic E-state index is 13.2. The van der Waals surface area contributed by atoms with E-state index in [1.807, 2.05) is 20.8 Å². The van der Waals surface area contributed by atoms with E-state index >= 15 is 0 Å². The van der Waals surface area contributed by atoms with Gasteiger partial charge in [-0.05, 0) is 33.1 Å². The van der Waals surface area contributed by atoms with Gasteiger partial charge in [0.1, 0.15) is 0 Å². The van der Waals surface area contributed by atoms with Gasteiger partial charge >= 0.3 is 5.97 Å². The second-order valence-electron chi connectivity index (χ2n) is 8.41. The lowest BCUT2D eigenvalue weighted by Crippen LogP contribution is -2.59. The standard InChI is InChI=1S/C20H36N2O4/c1-5-7-8-9-10-11-14(6-2)17(25)20(21,13-16(23)24)15-12-19(3,4)22-18(15)26/h14-15H,5-13,21H2,1-4H3,(H,22,26)(H,23,24)/t14?,15-,20?/m0/s1. The molecule has 0 spiro atoms. The van der Waals surface area contributed by atoms with Crippen molar-refractivity contribution in [2.45, 2.75) is 96.6 Å². The molecule has 2 unspecified atom stereocenters. The highest BCUT2D eigenvalue weighted by molar-refractivity contribution is 5.99. The van der Waals surface area contributed by atoms with Crippen molar-refractivity contribution in [2.24, 2.45) is 17.6 Å². The predicted molar refractivity (Wildman–Crippen MR) is 102 cm³/mol. The van der Waals surface area contributed by atoms with E-state index in [1.54, 1.807) is 0 Å². The number of carboxylic acid groups (broad SMARTS) is 1. The molecule has 0 radical (unpaired) electrons. The molecular weight excluding hydrogens is 332 g/mol.